The first-order valence-corrected chi connectivity index (χ1v) is 19.9. The molecule has 1 aromatic heterocycles. The molecule has 1 heterocycles. The van der Waals surface area contributed by atoms with Gasteiger partial charge in [0.15, 0.2) is 5.78 Å². The van der Waals surface area contributed by atoms with Crippen LogP contribution >= 0.6 is 47.1 Å². The summed E-state index contributed by atoms with van der Waals surface area (Å²) >= 11 is 6.02. The van der Waals surface area contributed by atoms with Crippen LogP contribution in [0, 0.1) is 0 Å². The Labute approximate surface area is 309 Å². The molecular weight excluding hydrogens is 860 g/mol. The van der Waals surface area contributed by atoms with Crippen molar-refractivity contribution in [3.63, 3.8) is 0 Å². The van der Waals surface area contributed by atoms with Gasteiger partial charge >= 0.3 is 26.5 Å². The number of fused-ring (bicyclic) bond motifs is 2. The molecule has 0 saturated heterocycles. The lowest BCUT2D eigenvalue weighted by atomic mass is 9.78. The standard InChI is InChI=1S/C34H25Br2F4N3O7P2/c35-27-15-21(11-13-25(27)33(37,38)51(45,46)47)19-32(31(44)22-6-2-1-3-7-22,43-30-9-5-4-8-29(30)41-42-43)18-20-10-12-23-17-28(36)26(16-24(23)14-20)34(39,40)52(48,49)50/h1-17H,18-19H2,(H2,45,46,47)(H2,48,49,50). The van der Waals surface area contributed by atoms with Crippen LogP contribution in [0.2, 0.25) is 0 Å². The van der Waals surface area contributed by atoms with Gasteiger partial charge in [0, 0.05) is 38.5 Å². The second-order valence-electron chi connectivity index (χ2n) is 12.1. The van der Waals surface area contributed by atoms with E-state index in [-0.39, 0.29) is 38.3 Å². The Hall–Kier alpha value is -3.59. The lowest BCUT2D eigenvalue weighted by molar-refractivity contribution is 0.0557. The molecule has 10 nitrogen and oxygen atoms in total. The summed E-state index contributed by atoms with van der Waals surface area (Å²) in [6, 6.07) is 25.1. The van der Waals surface area contributed by atoms with Crippen LogP contribution in [-0.2, 0) is 38.8 Å². The van der Waals surface area contributed by atoms with E-state index >= 15 is 0 Å². The number of carbonyl (C=O) groups excluding carboxylic acids is 1. The Morgan fingerprint density at radius 3 is 1.87 bits per heavy atom. The summed E-state index contributed by atoms with van der Waals surface area (Å²) in [5.41, 5.74) is -11.0. The fraction of sp³-hybridized carbons (Fsp3) is 0.147. The van der Waals surface area contributed by atoms with Gasteiger partial charge in [0.1, 0.15) is 11.1 Å². The monoisotopic (exact) mass is 883 g/mol. The molecule has 0 radical (unpaired) electrons. The average molecular weight is 885 g/mol. The molecule has 0 fully saturated rings. The second-order valence-corrected chi connectivity index (χ2v) is 17.1. The smallest absolute Gasteiger partial charge is 0.320 e. The molecule has 0 aliphatic heterocycles. The third-order valence-electron chi connectivity index (χ3n) is 8.61. The van der Waals surface area contributed by atoms with E-state index in [2.05, 4.69) is 42.2 Å². The molecule has 5 aromatic carbocycles. The first kappa shape index (κ1) is 38.1. The summed E-state index contributed by atoms with van der Waals surface area (Å²) in [5, 5.41) is 9.24. The third kappa shape index (κ3) is 6.83. The van der Waals surface area contributed by atoms with Gasteiger partial charge in [0.2, 0.25) is 0 Å². The quantitative estimate of drug-likeness (QED) is 0.0567. The Bertz CT molecular complexity index is 2460. The van der Waals surface area contributed by atoms with Crippen LogP contribution in [0.5, 0.6) is 0 Å². The number of carbonyl (C=O) groups is 1. The highest BCUT2D eigenvalue weighted by Gasteiger charge is 2.53. The van der Waals surface area contributed by atoms with Crippen LogP contribution in [0.3, 0.4) is 0 Å². The molecule has 0 amide bonds. The highest BCUT2D eigenvalue weighted by Crippen LogP contribution is 2.61. The molecule has 52 heavy (non-hydrogen) atoms. The number of hydrogen-bond acceptors (Lipinski definition) is 5. The van der Waals surface area contributed by atoms with Crippen molar-refractivity contribution in [2.75, 3.05) is 0 Å². The Morgan fingerprint density at radius 1 is 0.673 bits per heavy atom. The molecule has 4 N–H and O–H groups in total. The molecule has 0 bridgehead atoms. The molecule has 1 unspecified atom stereocenters. The van der Waals surface area contributed by atoms with Gasteiger partial charge in [-0.15, -0.1) is 5.10 Å². The first-order chi connectivity index (χ1) is 24.3. The number of ketones is 1. The number of alkyl halides is 4. The SMILES string of the molecule is O=C(c1ccccc1)C(Cc1ccc(C(F)(F)P(=O)(O)O)c(Br)c1)(Cc1ccc2cc(Br)c(C(F)(F)P(=O)(O)O)cc2c1)n1nnc2ccccc21. The van der Waals surface area contributed by atoms with Crippen LogP contribution in [0.1, 0.15) is 32.6 Å². The maximum absolute atomic E-state index is 14.9. The molecule has 0 saturated carbocycles. The molecule has 1 atom stereocenters. The molecular formula is C34H25Br2F4N3O7P2. The predicted octanol–water partition coefficient (Wildman–Crippen LogP) is 8.63. The van der Waals surface area contributed by atoms with E-state index in [4.69, 9.17) is 0 Å². The summed E-state index contributed by atoms with van der Waals surface area (Å²) in [4.78, 5) is 52.5. The maximum atomic E-state index is 14.9. The van der Waals surface area contributed by atoms with E-state index in [1.807, 2.05) is 0 Å². The van der Waals surface area contributed by atoms with Crippen LogP contribution < -0.4 is 0 Å². The molecule has 0 aliphatic rings. The summed E-state index contributed by atoms with van der Waals surface area (Å²) < 4.78 is 83.7. The molecule has 6 rings (SSSR count). The molecule has 0 aliphatic carbocycles. The number of para-hydroxylation sites is 1. The van der Waals surface area contributed by atoms with Crippen molar-refractivity contribution < 1.29 is 51.1 Å². The minimum atomic E-state index is -5.93. The highest BCUT2D eigenvalue weighted by molar-refractivity contribution is 9.10. The highest BCUT2D eigenvalue weighted by atomic mass is 79.9. The maximum Gasteiger partial charge on any atom is 0.399 e. The summed E-state index contributed by atoms with van der Waals surface area (Å²) in [6.45, 7) is 0. The Kier molecular flexibility index (Phi) is 10.0. The zero-order chi connectivity index (χ0) is 37.9. The zero-order valence-corrected chi connectivity index (χ0v) is 31.2. The Morgan fingerprint density at radius 2 is 1.23 bits per heavy atom. The fourth-order valence-electron chi connectivity index (χ4n) is 6.07. The topological polar surface area (TPSA) is 163 Å². The van der Waals surface area contributed by atoms with Gasteiger partial charge in [-0.25, -0.2) is 4.68 Å². The van der Waals surface area contributed by atoms with Crippen molar-refractivity contribution in [2.24, 2.45) is 0 Å². The summed E-state index contributed by atoms with van der Waals surface area (Å²) in [6.07, 6.45) is -0.434. The van der Waals surface area contributed by atoms with Gasteiger partial charge in [-0.2, -0.15) is 17.6 Å². The van der Waals surface area contributed by atoms with Crippen molar-refractivity contribution in [3.8, 4) is 0 Å². The second kappa shape index (κ2) is 13.7. The zero-order valence-electron chi connectivity index (χ0n) is 26.2. The van der Waals surface area contributed by atoms with Gasteiger partial charge in [-0.05, 0) is 52.2 Å². The number of rotatable bonds is 11. The van der Waals surface area contributed by atoms with E-state index in [1.54, 1.807) is 66.7 Å². The summed E-state index contributed by atoms with van der Waals surface area (Å²) in [7, 11) is -11.9. The minimum absolute atomic E-state index is 0.167. The van der Waals surface area contributed by atoms with E-state index in [9.17, 15) is 51.1 Å². The van der Waals surface area contributed by atoms with E-state index in [1.165, 1.54) is 28.9 Å². The van der Waals surface area contributed by atoms with Crippen LogP contribution in [0.25, 0.3) is 21.8 Å². The normalized spacial score (nSPS) is 14.1. The lowest BCUT2D eigenvalue weighted by Gasteiger charge is -2.34. The number of halogens is 6. The van der Waals surface area contributed by atoms with Crippen molar-refractivity contribution in [2.45, 2.75) is 29.7 Å². The minimum Gasteiger partial charge on any atom is -0.320 e. The number of Topliss-reactive ketones (excluding diaryl/α,β-unsaturated/α-hetero) is 1. The largest absolute Gasteiger partial charge is 0.399 e. The van der Waals surface area contributed by atoms with E-state index in [0.717, 1.165) is 12.1 Å². The van der Waals surface area contributed by atoms with Gasteiger partial charge in [-0.1, -0.05) is 110 Å². The van der Waals surface area contributed by atoms with Crippen molar-refractivity contribution in [3.05, 3.63) is 140 Å². The van der Waals surface area contributed by atoms with Crippen LogP contribution in [-0.4, -0.2) is 40.4 Å². The molecule has 18 heteroatoms. The number of aromatic nitrogens is 3. The van der Waals surface area contributed by atoms with Crippen LogP contribution in [0.4, 0.5) is 17.6 Å². The number of nitrogens with zero attached hydrogens (tertiary/aromatic N) is 3. The third-order valence-corrected chi connectivity index (χ3v) is 11.9. The fourth-order valence-corrected chi connectivity index (χ4v) is 8.67. The van der Waals surface area contributed by atoms with Gasteiger partial charge in [0.05, 0.1) is 5.52 Å². The molecule has 0 spiro atoms. The molecule has 6 aromatic rings. The van der Waals surface area contributed by atoms with Gasteiger partial charge < -0.3 is 19.6 Å². The van der Waals surface area contributed by atoms with Crippen molar-refractivity contribution >= 4 is 74.6 Å². The average Bonchev–Trinajstić information content (AvgIpc) is 3.51. The lowest BCUT2D eigenvalue weighted by Crippen LogP contribution is -2.47. The van der Waals surface area contributed by atoms with Crippen molar-refractivity contribution in [1.29, 1.82) is 0 Å². The van der Waals surface area contributed by atoms with E-state index in [0.29, 0.717) is 22.0 Å². The number of hydrogen-bond donors (Lipinski definition) is 4. The first-order valence-electron chi connectivity index (χ1n) is 15.1. The van der Waals surface area contributed by atoms with E-state index < -0.39 is 49.0 Å². The van der Waals surface area contributed by atoms with Crippen molar-refractivity contribution in [1.82, 2.24) is 15.0 Å². The Balaban J connectivity index is 1.58. The molecule has 270 valence electrons. The van der Waals surface area contributed by atoms with Gasteiger partial charge in [0.25, 0.3) is 0 Å². The number of benzene rings is 5. The predicted molar refractivity (Wildman–Crippen MR) is 191 cm³/mol. The van der Waals surface area contributed by atoms with Gasteiger partial charge in [-0.3, -0.25) is 13.9 Å². The van der Waals surface area contributed by atoms with Crippen LogP contribution in [0.15, 0.2) is 112 Å². The summed E-state index contributed by atoms with van der Waals surface area (Å²) in [5.74, 6) is -0.492.